The standard InChI is InChI=1S/C27H26F6O3/c1-16-10-23(19-6-4-3-5-7-19)24(25(36,27(31,32)33)15-26(28,29)30)22(17(16)2)12-18-8-9-20(13-34)21(11-18)14-35/h3-11,34-36H,12-15H2,1-2H3. The maximum absolute atomic E-state index is 14.4. The molecule has 0 aliphatic carbocycles. The van der Waals surface area contributed by atoms with Crippen LogP contribution in [-0.4, -0.2) is 27.7 Å². The summed E-state index contributed by atoms with van der Waals surface area (Å²) in [6, 6.07) is 13.5. The fourth-order valence-corrected chi connectivity index (χ4v) is 4.44. The van der Waals surface area contributed by atoms with E-state index < -0.39 is 36.5 Å². The van der Waals surface area contributed by atoms with Gasteiger partial charge in [0.1, 0.15) is 0 Å². The van der Waals surface area contributed by atoms with Gasteiger partial charge >= 0.3 is 12.4 Å². The van der Waals surface area contributed by atoms with Crippen LogP contribution in [0.15, 0.2) is 54.6 Å². The number of aliphatic hydroxyl groups is 3. The van der Waals surface area contributed by atoms with Crippen LogP contribution in [0.3, 0.4) is 0 Å². The van der Waals surface area contributed by atoms with Crippen LogP contribution in [0.5, 0.6) is 0 Å². The Balaban J connectivity index is 2.40. The Labute approximate surface area is 204 Å². The number of halogens is 6. The lowest BCUT2D eigenvalue weighted by Crippen LogP contribution is -2.47. The van der Waals surface area contributed by atoms with Crippen LogP contribution in [0.2, 0.25) is 0 Å². The smallest absolute Gasteiger partial charge is 0.392 e. The number of alkyl halides is 6. The molecule has 0 amide bonds. The largest absolute Gasteiger partial charge is 0.421 e. The van der Waals surface area contributed by atoms with Gasteiger partial charge in [-0.1, -0.05) is 54.6 Å². The summed E-state index contributed by atoms with van der Waals surface area (Å²) in [5.41, 5.74) is -3.05. The highest BCUT2D eigenvalue weighted by atomic mass is 19.4. The van der Waals surface area contributed by atoms with Gasteiger partial charge in [-0.15, -0.1) is 0 Å². The second-order valence-corrected chi connectivity index (χ2v) is 8.83. The summed E-state index contributed by atoms with van der Waals surface area (Å²) in [5.74, 6) is 0. The van der Waals surface area contributed by atoms with Crippen molar-refractivity contribution in [2.24, 2.45) is 0 Å². The van der Waals surface area contributed by atoms with Gasteiger partial charge in [-0.25, -0.2) is 0 Å². The second kappa shape index (κ2) is 10.2. The lowest BCUT2D eigenvalue weighted by molar-refractivity contribution is -0.300. The molecule has 36 heavy (non-hydrogen) atoms. The van der Waals surface area contributed by atoms with Gasteiger partial charge < -0.3 is 15.3 Å². The van der Waals surface area contributed by atoms with E-state index in [4.69, 9.17) is 0 Å². The van der Waals surface area contributed by atoms with Crippen molar-refractivity contribution in [2.45, 2.75) is 57.9 Å². The minimum Gasteiger partial charge on any atom is -0.392 e. The van der Waals surface area contributed by atoms with Gasteiger partial charge in [0, 0.05) is 5.56 Å². The molecule has 0 bridgehead atoms. The van der Waals surface area contributed by atoms with E-state index in [1.54, 1.807) is 25.1 Å². The molecule has 3 N–H and O–H groups in total. The average molecular weight is 512 g/mol. The molecule has 0 aliphatic heterocycles. The molecule has 3 rings (SSSR count). The van der Waals surface area contributed by atoms with Crippen LogP contribution < -0.4 is 0 Å². The number of aliphatic hydroxyl groups excluding tert-OH is 2. The minimum absolute atomic E-state index is 0.0847. The first-order chi connectivity index (χ1) is 16.7. The highest BCUT2D eigenvalue weighted by Gasteiger charge is 2.61. The molecule has 3 aromatic carbocycles. The topological polar surface area (TPSA) is 60.7 Å². The van der Waals surface area contributed by atoms with Crippen molar-refractivity contribution in [3.05, 3.63) is 93.5 Å². The SMILES string of the molecule is Cc1cc(-c2ccccc2)c(C(O)(CC(F)(F)F)C(F)(F)F)c(Cc2ccc(CO)c(CO)c2)c1C. The molecule has 0 spiro atoms. The first-order valence-corrected chi connectivity index (χ1v) is 11.1. The van der Waals surface area contributed by atoms with Crippen molar-refractivity contribution in [2.75, 3.05) is 0 Å². The van der Waals surface area contributed by atoms with Crippen molar-refractivity contribution < 1.29 is 41.7 Å². The molecule has 9 heteroatoms. The molecule has 0 aromatic heterocycles. The Morgan fingerprint density at radius 3 is 1.92 bits per heavy atom. The third-order valence-corrected chi connectivity index (χ3v) is 6.39. The second-order valence-electron chi connectivity index (χ2n) is 8.83. The Bertz CT molecular complexity index is 1220. The first kappa shape index (κ1) is 27.7. The van der Waals surface area contributed by atoms with Gasteiger partial charge in [0.25, 0.3) is 0 Å². The number of hydrogen-bond acceptors (Lipinski definition) is 3. The van der Waals surface area contributed by atoms with Crippen LogP contribution >= 0.6 is 0 Å². The molecule has 0 saturated heterocycles. The normalized spacial score (nSPS) is 14.1. The van der Waals surface area contributed by atoms with Crippen molar-refractivity contribution in [3.63, 3.8) is 0 Å². The summed E-state index contributed by atoms with van der Waals surface area (Å²) in [6.45, 7) is 2.32. The molecule has 1 atom stereocenters. The van der Waals surface area contributed by atoms with Crippen molar-refractivity contribution in [3.8, 4) is 11.1 Å². The van der Waals surface area contributed by atoms with E-state index >= 15 is 0 Å². The molecule has 0 fully saturated rings. The van der Waals surface area contributed by atoms with E-state index in [1.807, 2.05) is 0 Å². The fourth-order valence-electron chi connectivity index (χ4n) is 4.44. The van der Waals surface area contributed by atoms with E-state index in [1.165, 1.54) is 43.3 Å². The summed E-state index contributed by atoms with van der Waals surface area (Å²) >= 11 is 0. The maximum atomic E-state index is 14.4. The Morgan fingerprint density at radius 1 is 0.778 bits per heavy atom. The molecule has 3 aromatic rings. The van der Waals surface area contributed by atoms with Gasteiger partial charge in [-0.2, -0.15) is 26.3 Å². The Morgan fingerprint density at radius 2 is 1.39 bits per heavy atom. The Kier molecular flexibility index (Phi) is 7.88. The number of aryl methyl sites for hydroxylation is 1. The van der Waals surface area contributed by atoms with Crippen LogP contribution in [0, 0.1) is 13.8 Å². The van der Waals surface area contributed by atoms with Gasteiger partial charge in [-0.05, 0) is 64.8 Å². The molecule has 3 nitrogen and oxygen atoms in total. The molecular weight excluding hydrogens is 486 g/mol. The fraction of sp³-hybridized carbons (Fsp3) is 0.333. The van der Waals surface area contributed by atoms with Gasteiger partial charge in [0.05, 0.1) is 19.6 Å². The zero-order valence-electron chi connectivity index (χ0n) is 19.6. The predicted molar refractivity (Wildman–Crippen MR) is 123 cm³/mol. The summed E-state index contributed by atoms with van der Waals surface area (Å²) in [5, 5.41) is 30.0. The molecule has 0 heterocycles. The number of hydrogen-bond donors (Lipinski definition) is 3. The lowest BCUT2D eigenvalue weighted by atomic mass is 9.76. The predicted octanol–water partition coefficient (Wildman–Crippen LogP) is 6.25. The lowest BCUT2D eigenvalue weighted by Gasteiger charge is -2.36. The molecule has 0 saturated carbocycles. The van der Waals surface area contributed by atoms with E-state index in [0.29, 0.717) is 27.8 Å². The van der Waals surface area contributed by atoms with Gasteiger partial charge in [0.2, 0.25) is 0 Å². The highest BCUT2D eigenvalue weighted by Crippen LogP contribution is 2.51. The quantitative estimate of drug-likeness (QED) is 0.328. The third kappa shape index (κ3) is 5.58. The van der Waals surface area contributed by atoms with Crippen LogP contribution in [0.25, 0.3) is 11.1 Å². The summed E-state index contributed by atoms with van der Waals surface area (Å²) in [4.78, 5) is 0. The van der Waals surface area contributed by atoms with E-state index in [-0.39, 0.29) is 29.7 Å². The number of benzene rings is 3. The first-order valence-electron chi connectivity index (χ1n) is 11.1. The summed E-state index contributed by atoms with van der Waals surface area (Å²) < 4.78 is 83.7. The summed E-state index contributed by atoms with van der Waals surface area (Å²) in [7, 11) is 0. The monoisotopic (exact) mass is 512 g/mol. The summed E-state index contributed by atoms with van der Waals surface area (Å²) in [6.07, 6.45) is -13.7. The minimum atomic E-state index is -5.64. The van der Waals surface area contributed by atoms with E-state index in [2.05, 4.69) is 0 Å². The zero-order valence-corrected chi connectivity index (χ0v) is 19.6. The number of rotatable bonds is 7. The molecular formula is C27H26F6O3. The molecule has 0 aliphatic rings. The van der Waals surface area contributed by atoms with Crippen LogP contribution in [-0.2, 0) is 25.2 Å². The maximum Gasteiger partial charge on any atom is 0.421 e. The zero-order chi connectivity index (χ0) is 26.9. The van der Waals surface area contributed by atoms with Gasteiger partial charge in [0.15, 0.2) is 5.60 Å². The molecule has 0 radical (unpaired) electrons. The van der Waals surface area contributed by atoms with Crippen molar-refractivity contribution in [1.29, 1.82) is 0 Å². The van der Waals surface area contributed by atoms with E-state index in [9.17, 15) is 41.7 Å². The van der Waals surface area contributed by atoms with Gasteiger partial charge in [-0.3, -0.25) is 0 Å². The Hall–Kier alpha value is -2.88. The molecule has 194 valence electrons. The average Bonchev–Trinajstić information content (AvgIpc) is 2.80. The van der Waals surface area contributed by atoms with Crippen LogP contribution in [0.4, 0.5) is 26.3 Å². The highest BCUT2D eigenvalue weighted by molar-refractivity contribution is 5.73. The van der Waals surface area contributed by atoms with E-state index in [0.717, 1.165) is 0 Å². The van der Waals surface area contributed by atoms with Crippen molar-refractivity contribution >= 4 is 0 Å². The molecule has 1 unspecified atom stereocenters. The third-order valence-electron chi connectivity index (χ3n) is 6.39. The van der Waals surface area contributed by atoms with Crippen molar-refractivity contribution in [1.82, 2.24) is 0 Å². The van der Waals surface area contributed by atoms with Crippen LogP contribution in [0.1, 0.15) is 45.4 Å².